The summed E-state index contributed by atoms with van der Waals surface area (Å²) in [5.41, 5.74) is 0.697. The summed E-state index contributed by atoms with van der Waals surface area (Å²) in [5.74, 6) is -0.885. The number of carbonyl (C=O) groups excluding carboxylic acids is 1. The largest absolute Gasteiger partial charge is 0.508 e. The molecule has 0 saturated heterocycles. The molecule has 6 heteroatoms. The minimum Gasteiger partial charge on any atom is -0.508 e. The van der Waals surface area contributed by atoms with Crippen LogP contribution in [0.1, 0.15) is 22.0 Å². The van der Waals surface area contributed by atoms with Crippen molar-refractivity contribution in [1.82, 2.24) is 5.32 Å². The van der Waals surface area contributed by atoms with E-state index in [1.807, 2.05) is 5.38 Å². The average molecular weight is 279 g/mol. The number of thiophene rings is 1. The molecule has 19 heavy (non-hydrogen) atoms. The summed E-state index contributed by atoms with van der Waals surface area (Å²) in [4.78, 5) is 11.8. The minimum atomic E-state index is -0.797. The van der Waals surface area contributed by atoms with Crippen LogP contribution in [-0.2, 0) is 0 Å². The maximum absolute atomic E-state index is 11.8. The van der Waals surface area contributed by atoms with Gasteiger partial charge in [-0.3, -0.25) is 4.79 Å². The number of phenols is 2. The Kier molecular flexibility index (Phi) is 4.03. The van der Waals surface area contributed by atoms with Crippen LogP contribution in [0.25, 0.3) is 0 Å². The Morgan fingerprint density at radius 2 is 2.11 bits per heavy atom. The predicted octanol–water partition coefficient (Wildman–Crippen LogP) is 1.62. The Labute approximate surface area is 113 Å². The quantitative estimate of drug-likeness (QED) is 0.640. The molecule has 0 aliphatic carbocycles. The third-order valence-electron chi connectivity index (χ3n) is 2.61. The van der Waals surface area contributed by atoms with Crippen LogP contribution < -0.4 is 5.32 Å². The number of carbonyl (C=O) groups is 1. The molecule has 1 unspecified atom stereocenters. The van der Waals surface area contributed by atoms with Crippen molar-refractivity contribution in [3.05, 3.63) is 46.2 Å². The summed E-state index contributed by atoms with van der Waals surface area (Å²) < 4.78 is 0. The van der Waals surface area contributed by atoms with E-state index in [-0.39, 0.29) is 23.6 Å². The smallest absolute Gasteiger partial charge is 0.255 e. The van der Waals surface area contributed by atoms with E-state index in [0.29, 0.717) is 0 Å². The summed E-state index contributed by atoms with van der Waals surface area (Å²) in [7, 11) is 0. The molecule has 1 atom stereocenters. The van der Waals surface area contributed by atoms with Gasteiger partial charge in [0.15, 0.2) is 0 Å². The van der Waals surface area contributed by atoms with Crippen molar-refractivity contribution >= 4 is 17.2 Å². The predicted molar refractivity (Wildman–Crippen MR) is 71.4 cm³/mol. The number of phenolic OH excluding ortho intramolecular Hbond substituents is 2. The van der Waals surface area contributed by atoms with Gasteiger partial charge in [-0.2, -0.15) is 11.3 Å². The van der Waals surface area contributed by atoms with Gasteiger partial charge in [0, 0.05) is 6.54 Å². The van der Waals surface area contributed by atoms with Crippen molar-refractivity contribution in [3.8, 4) is 11.5 Å². The number of amides is 1. The van der Waals surface area contributed by atoms with Crippen molar-refractivity contribution < 1.29 is 20.1 Å². The Morgan fingerprint density at radius 3 is 2.79 bits per heavy atom. The van der Waals surface area contributed by atoms with E-state index in [1.54, 1.807) is 11.4 Å². The fourth-order valence-electron chi connectivity index (χ4n) is 1.57. The zero-order valence-corrected chi connectivity index (χ0v) is 10.7. The molecule has 100 valence electrons. The third kappa shape index (κ3) is 3.24. The molecule has 1 heterocycles. The van der Waals surface area contributed by atoms with Crippen molar-refractivity contribution in [1.29, 1.82) is 0 Å². The Morgan fingerprint density at radius 1 is 1.32 bits per heavy atom. The second kappa shape index (κ2) is 5.73. The number of benzene rings is 1. The number of nitrogens with one attached hydrogen (secondary N) is 1. The molecule has 1 aromatic carbocycles. The van der Waals surface area contributed by atoms with Gasteiger partial charge in [0.05, 0.1) is 11.7 Å². The molecule has 0 spiro atoms. The summed E-state index contributed by atoms with van der Waals surface area (Å²) in [6, 6.07) is 5.46. The molecule has 0 fully saturated rings. The molecule has 0 bridgehead atoms. The molecule has 4 N–H and O–H groups in total. The standard InChI is InChI=1S/C13H13NO4S/c15-9-1-2-11(16)10(5-9)13(18)14-6-12(17)8-3-4-19-7-8/h1-5,7,12,15-17H,6H2,(H,14,18). The number of aliphatic hydroxyl groups excluding tert-OH is 1. The maximum Gasteiger partial charge on any atom is 0.255 e. The fourth-order valence-corrected chi connectivity index (χ4v) is 2.28. The zero-order valence-electron chi connectivity index (χ0n) is 9.91. The van der Waals surface area contributed by atoms with Gasteiger partial charge in [0.25, 0.3) is 5.91 Å². The van der Waals surface area contributed by atoms with Crippen LogP contribution in [0.3, 0.4) is 0 Å². The number of hydrogen-bond acceptors (Lipinski definition) is 5. The Hall–Kier alpha value is -2.05. The summed E-state index contributed by atoms with van der Waals surface area (Å²) >= 11 is 1.46. The molecule has 0 radical (unpaired) electrons. The van der Waals surface area contributed by atoms with Gasteiger partial charge < -0.3 is 20.6 Å². The van der Waals surface area contributed by atoms with Gasteiger partial charge in [-0.05, 0) is 40.6 Å². The van der Waals surface area contributed by atoms with E-state index in [1.165, 1.54) is 29.5 Å². The summed E-state index contributed by atoms with van der Waals surface area (Å²) in [5, 5.41) is 34.7. The summed E-state index contributed by atoms with van der Waals surface area (Å²) in [6.07, 6.45) is -0.797. The van der Waals surface area contributed by atoms with Crippen LogP contribution in [0.5, 0.6) is 11.5 Å². The van der Waals surface area contributed by atoms with Gasteiger partial charge >= 0.3 is 0 Å². The maximum atomic E-state index is 11.8. The van der Waals surface area contributed by atoms with Gasteiger partial charge in [-0.1, -0.05) is 0 Å². The van der Waals surface area contributed by atoms with Gasteiger partial charge in [0.1, 0.15) is 11.5 Å². The van der Waals surface area contributed by atoms with Crippen molar-refractivity contribution in [2.75, 3.05) is 6.54 Å². The van der Waals surface area contributed by atoms with Gasteiger partial charge in [-0.15, -0.1) is 0 Å². The van der Waals surface area contributed by atoms with Crippen molar-refractivity contribution in [2.45, 2.75) is 6.10 Å². The molecule has 2 rings (SSSR count). The second-order valence-electron chi connectivity index (χ2n) is 3.98. The van der Waals surface area contributed by atoms with Crippen LogP contribution in [0.4, 0.5) is 0 Å². The van der Waals surface area contributed by atoms with Crippen LogP contribution in [0.15, 0.2) is 35.0 Å². The van der Waals surface area contributed by atoms with E-state index in [9.17, 15) is 20.1 Å². The molecule has 0 saturated carbocycles. The average Bonchev–Trinajstić information content (AvgIpc) is 2.92. The molecule has 1 aromatic heterocycles. The Balaban J connectivity index is 2.00. The van der Waals surface area contributed by atoms with Crippen LogP contribution in [-0.4, -0.2) is 27.8 Å². The zero-order chi connectivity index (χ0) is 13.8. The van der Waals surface area contributed by atoms with E-state index in [4.69, 9.17) is 0 Å². The molecule has 0 aliphatic heterocycles. The number of aliphatic hydroxyl groups is 1. The lowest BCUT2D eigenvalue weighted by Crippen LogP contribution is -2.28. The number of aromatic hydroxyl groups is 2. The molecule has 5 nitrogen and oxygen atoms in total. The first-order valence-electron chi connectivity index (χ1n) is 5.58. The lowest BCUT2D eigenvalue weighted by atomic mass is 10.1. The first-order valence-corrected chi connectivity index (χ1v) is 6.52. The molecular weight excluding hydrogens is 266 g/mol. The first kappa shape index (κ1) is 13.4. The molecule has 2 aromatic rings. The lowest BCUT2D eigenvalue weighted by molar-refractivity contribution is 0.0913. The number of rotatable bonds is 4. The van der Waals surface area contributed by atoms with E-state index in [0.717, 1.165) is 5.56 Å². The highest BCUT2D eigenvalue weighted by atomic mass is 32.1. The van der Waals surface area contributed by atoms with Crippen LogP contribution in [0, 0.1) is 0 Å². The third-order valence-corrected chi connectivity index (χ3v) is 3.31. The highest BCUT2D eigenvalue weighted by Gasteiger charge is 2.14. The van der Waals surface area contributed by atoms with Gasteiger partial charge in [-0.25, -0.2) is 0 Å². The first-order chi connectivity index (χ1) is 9.08. The van der Waals surface area contributed by atoms with Gasteiger partial charge in [0.2, 0.25) is 0 Å². The molecule has 1 amide bonds. The minimum absolute atomic E-state index is 0.0301. The van der Waals surface area contributed by atoms with Crippen molar-refractivity contribution in [2.24, 2.45) is 0 Å². The fraction of sp³-hybridized carbons (Fsp3) is 0.154. The van der Waals surface area contributed by atoms with E-state index < -0.39 is 12.0 Å². The molecule has 0 aliphatic rings. The monoisotopic (exact) mass is 279 g/mol. The Bertz CT molecular complexity index is 568. The summed E-state index contributed by atoms with van der Waals surface area (Å²) in [6.45, 7) is 0.0324. The highest BCUT2D eigenvalue weighted by molar-refractivity contribution is 7.07. The SMILES string of the molecule is O=C(NCC(O)c1ccsc1)c1cc(O)ccc1O. The number of hydrogen-bond donors (Lipinski definition) is 4. The topological polar surface area (TPSA) is 89.8 Å². The van der Waals surface area contributed by atoms with Crippen LogP contribution >= 0.6 is 11.3 Å². The second-order valence-corrected chi connectivity index (χ2v) is 4.76. The highest BCUT2D eigenvalue weighted by Crippen LogP contribution is 2.22. The van der Waals surface area contributed by atoms with E-state index in [2.05, 4.69) is 5.32 Å². The molecular formula is C13H13NO4S. The van der Waals surface area contributed by atoms with Crippen LogP contribution in [0.2, 0.25) is 0 Å². The normalized spacial score (nSPS) is 12.1. The van der Waals surface area contributed by atoms with Crippen molar-refractivity contribution in [3.63, 3.8) is 0 Å². The lowest BCUT2D eigenvalue weighted by Gasteiger charge is -2.11. The van der Waals surface area contributed by atoms with E-state index >= 15 is 0 Å².